The maximum atomic E-state index is 13.4. The molecule has 0 atom stereocenters. The van der Waals surface area contributed by atoms with Crippen molar-refractivity contribution in [2.24, 2.45) is 5.92 Å². The molecule has 2 aromatic carbocycles. The molecule has 3 heterocycles. The molecule has 0 radical (unpaired) electrons. The molecule has 1 saturated heterocycles. The van der Waals surface area contributed by atoms with E-state index >= 15 is 0 Å². The monoisotopic (exact) mass is 569 g/mol. The second-order valence-corrected chi connectivity index (χ2v) is 13.2. The molecule has 0 N–H and O–H groups in total. The van der Waals surface area contributed by atoms with E-state index in [1.165, 1.54) is 47.9 Å². The first-order chi connectivity index (χ1) is 19.7. The Hall–Kier alpha value is -3.28. The molecule has 2 aliphatic rings. The van der Waals surface area contributed by atoms with Crippen molar-refractivity contribution in [1.82, 2.24) is 14.5 Å². The highest BCUT2D eigenvalue weighted by atomic mass is 32.2. The molecule has 40 heavy (non-hydrogen) atoms. The highest BCUT2D eigenvalue weighted by molar-refractivity contribution is 7.99. The second-order valence-electron chi connectivity index (χ2n) is 10.9. The summed E-state index contributed by atoms with van der Waals surface area (Å²) in [5, 5.41) is 10.3. The topological polar surface area (TPSA) is 65.2 Å². The normalized spacial score (nSPS) is 16.2. The Bertz CT molecular complexity index is 1490. The number of benzene rings is 2. The third-order valence-electron chi connectivity index (χ3n) is 8.18. The van der Waals surface area contributed by atoms with Gasteiger partial charge < -0.3 is 14.4 Å². The van der Waals surface area contributed by atoms with Gasteiger partial charge in [-0.1, -0.05) is 37.5 Å². The summed E-state index contributed by atoms with van der Waals surface area (Å²) < 4.78 is 3.39. The molecule has 0 spiro atoms. The van der Waals surface area contributed by atoms with Crippen LogP contribution in [-0.4, -0.2) is 51.5 Å². The third-order valence-corrected chi connectivity index (χ3v) is 10.2. The lowest BCUT2D eigenvalue weighted by atomic mass is 9.88. The number of hydrogen-bond donors (Lipinski definition) is 0. The Morgan fingerprint density at radius 2 is 1.88 bits per heavy atom. The Balaban J connectivity index is 1.30. The Morgan fingerprint density at radius 3 is 2.65 bits per heavy atom. The van der Waals surface area contributed by atoms with Crippen LogP contribution in [0.2, 0.25) is 0 Å². The minimum Gasteiger partial charge on any atom is -0.365 e. The Kier molecular flexibility index (Phi) is 8.40. The van der Waals surface area contributed by atoms with Gasteiger partial charge in [0.1, 0.15) is 0 Å². The van der Waals surface area contributed by atoms with Crippen LogP contribution in [0, 0.1) is 17.2 Å². The van der Waals surface area contributed by atoms with Crippen molar-refractivity contribution in [3.63, 3.8) is 0 Å². The highest BCUT2D eigenvalue weighted by Gasteiger charge is 2.24. The lowest BCUT2D eigenvalue weighted by Crippen LogP contribution is -2.37. The van der Waals surface area contributed by atoms with Crippen LogP contribution in [0.3, 0.4) is 0 Å². The highest BCUT2D eigenvalue weighted by Crippen LogP contribution is 2.36. The summed E-state index contributed by atoms with van der Waals surface area (Å²) in [6.07, 6.45) is 10.4. The van der Waals surface area contributed by atoms with Crippen LogP contribution in [-0.2, 0) is 13.1 Å². The Labute approximate surface area is 244 Å². The van der Waals surface area contributed by atoms with Crippen molar-refractivity contribution >= 4 is 44.8 Å². The first kappa shape index (κ1) is 26.9. The summed E-state index contributed by atoms with van der Waals surface area (Å²) in [5.41, 5.74) is 4.19. The van der Waals surface area contributed by atoms with E-state index in [-0.39, 0.29) is 5.91 Å². The quantitative estimate of drug-likeness (QED) is 0.234. The van der Waals surface area contributed by atoms with Crippen molar-refractivity contribution < 1.29 is 4.79 Å². The minimum atomic E-state index is 0.173. The van der Waals surface area contributed by atoms with Crippen LogP contribution in [0.15, 0.2) is 61.1 Å². The van der Waals surface area contributed by atoms with E-state index in [1.54, 1.807) is 11.3 Å². The van der Waals surface area contributed by atoms with Gasteiger partial charge in [-0.3, -0.25) is 4.79 Å². The van der Waals surface area contributed by atoms with E-state index in [0.29, 0.717) is 18.0 Å². The predicted molar refractivity (Wildman–Crippen MR) is 165 cm³/mol. The third kappa shape index (κ3) is 6.06. The molecule has 4 aromatic rings. The molecule has 1 amide bonds. The number of imidazole rings is 1. The number of thioether (sulfide) groups is 1. The van der Waals surface area contributed by atoms with Crippen LogP contribution in [0.25, 0.3) is 10.1 Å². The Morgan fingerprint density at radius 1 is 1.07 bits per heavy atom. The maximum absolute atomic E-state index is 13.4. The van der Waals surface area contributed by atoms with Gasteiger partial charge in [0, 0.05) is 59.7 Å². The molecule has 6 rings (SSSR count). The zero-order valence-corrected chi connectivity index (χ0v) is 24.4. The molecule has 1 aliphatic carbocycles. The van der Waals surface area contributed by atoms with Crippen molar-refractivity contribution in [3.8, 4) is 6.07 Å². The molecule has 206 valence electrons. The molecule has 2 aromatic heterocycles. The number of aromatic nitrogens is 2. The van der Waals surface area contributed by atoms with Gasteiger partial charge in [-0.25, -0.2) is 4.98 Å². The average Bonchev–Trinajstić information content (AvgIpc) is 3.64. The van der Waals surface area contributed by atoms with E-state index in [1.807, 2.05) is 53.5 Å². The van der Waals surface area contributed by atoms with E-state index in [9.17, 15) is 4.79 Å². The van der Waals surface area contributed by atoms with Crippen LogP contribution in [0.4, 0.5) is 5.69 Å². The molecule has 1 aliphatic heterocycles. The molecule has 0 bridgehead atoms. The summed E-state index contributed by atoms with van der Waals surface area (Å²) in [6.45, 7) is 4.15. The number of amides is 1. The van der Waals surface area contributed by atoms with Crippen molar-refractivity contribution in [2.45, 2.75) is 45.2 Å². The average molecular weight is 570 g/mol. The van der Waals surface area contributed by atoms with Crippen LogP contribution in [0.1, 0.15) is 58.6 Å². The molecular formula is C32H35N5OS2. The number of carbonyl (C=O) groups excluding carboxylic acids is 1. The first-order valence-electron chi connectivity index (χ1n) is 14.3. The fraction of sp³-hybridized carbons (Fsp3) is 0.406. The summed E-state index contributed by atoms with van der Waals surface area (Å²) in [4.78, 5) is 23.3. The van der Waals surface area contributed by atoms with Gasteiger partial charge >= 0.3 is 0 Å². The smallest absolute Gasteiger partial charge is 0.264 e. The van der Waals surface area contributed by atoms with Crippen molar-refractivity contribution in [1.29, 1.82) is 5.26 Å². The minimum absolute atomic E-state index is 0.173. The fourth-order valence-corrected chi connectivity index (χ4v) is 7.93. The van der Waals surface area contributed by atoms with Crippen LogP contribution < -0.4 is 4.90 Å². The first-order valence-corrected chi connectivity index (χ1v) is 16.3. The second kappa shape index (κ2) is 12.5. The number of carbonyl (C=O) groups is 1. The van der Waals surface area contributed by atoms with Gasteiger partial charge in [0.15, 0.2) is 0 Å². The van der Waals surface area contributed by atoms with Gasteiger partial charge in [0.2, 0.25) is 0 Å². The van der Waals surface area contributed by atoms with Gasteiger partial charge in [0.25, 0.3) is 5.91 Å². The molecular weight excluding hydrogens is 535 g/mol. The number of rotatable bonds is 8. The van der Waals surface area contributed by atoms with Crippen LogP contribution in [0.5, 0.6) is 0 Å². The summed E-state index contributed by atoms with van der Waals surface area (Å²) >= 11 is 3.55. The molecule has 1 saturated carbocycles. The lowest BCUT2D eigenvalue weighted by molar-refractivity contribution is 0.0777. The van der Waals surface area contributed by atoms with Gasteiger partial charge in [0.05, 0.1) is 35.1 Å². The molecule has 6 nitrogen and oxygen atoms in total. The number of hydrogen-bond acceptors (Lipinski definition) is 6. The SMILES string of the molecule is N#Cc1ccc(Cn2cncc2CN(CC2CCCCC2)c2cccc3sc(C(=O)N4CCSCC4)cc23)cc1. The summed E-state index contributed by atoms with van der Waals surface area (Å²) in [7, 11) is 0. The zero-order valence-electron chi connectivity index (χ0n) is 22.8. The van der Waals surface area contributed by atoms with Gasteiger partial charge in [-0.05, 0) is 54.7 Å². The number of thiophene rings is 1. The van der Waals surface area contributed by atoms with Crippen LogP contribution >= 0.6 is 23.1 Å². The van der Waals surface area contributed by atoms with E-state index in [0.717, 1.165) is 53.8 Å². The summed E-state index contributed by atoms with van der Waals surface area (Å²) in [5.74, 6) is 2.89. The largest absolute Gasteiger partial charge is 0.365 e. The number of anilines is 1. The van der Waals surface area contributed by atoms with Crippen molar-refractivity contribution in [3.05, 3.63) is 82.8 Å². The lowest BCUT2D eigenvalue weighted by Gasteiger charge is -2.32. The fourth-order valence-electron chi connectivity index (χ4n) is 5.98. The van der Waals surface area contributed by atoms with E-state index in [4.69, 9.17) is 5.26 Å². The molecule has 8 heteroatoms. The van der Waals surface area contributed by atoms with Crippen molar-refractivity contribution in [2.75, 3.05) is 36.0 Å². The standard InChI is InChI=1S/C32H35N5OS2/c33-18-24-9-11-26(12-10-24)21-37-23-34-19-27(37)22-36(20-25-5-2-1-3-6-25)29-7-4-8-30-28(29)17-31(40-30)32(38)35-13-15-39-16-14-35/h4,7-12,17,19,23,25H,1-3,5-6,13-16,20-22H2. The zero-order chi connectivity index (χ0) is 27.3. The number of fused-ring (bicyclic) bond motifs is 1. The molecule has 2 fully saturated rings. The summed E-state index contributed by atoms with van der Waals surface area (Å²) in [6, 6.07) is 18.7. The number of nitrogens with zero attached hydrogens (tertiary/aromatic N) is 5. The maximum Gasteiger partial charge on any atom is 0.264 e. The van der Waals surface area contributed by atoms with E-state index in [2.05, 4.69) is 44.8 Å². The number of nitriles is 1. The van der Waals surface area contributed by atoms with Gasteiger partial charge in [-0.2, -0.15) is 17.0 Å². The molecule has 0 unspecified atom stereocenters. The predicted octanol–water partition coefficient (Wildman–Crippen LogP) is 6.79. The van der Waals surface area contributed by atoms with Gasteiger partial charge in [-0.15, -0.1) is 11.3 Å². The van der Waals surface area contributed by atoms with E-state index < -0.39 is 0 Å².